The molecule has 0 radical (unpaired) electrons. The van der Waals surface area contributed by atoms with E-state index in [1.54, 1.807) is 18.5 Å². The fourth-order valence-electron chi connectivity index (χ4n) is 2.07. The van der Waals surface area contributed by atoms with Crippen LogP contribution in [-0.4, -0.2) is 11.0 Å². The molecule has 0 fully saturated rings. The van der Waals surface area contributed by atoms with Crippen molar-refractivity contribution < 1.29 is 13.2 Å². The molecule has 2 aromatic rings. The number of rotatable bonds is 4. The number of halogens is 3. The highest BCUT2D eigenvalue weighted by atomic mass is 19.4. The maximum Gasteiger partial charge on any atom is 0.416 e. The van der Waals surface area contributed by atoms with Crippen LogP contribution in [0.15, 0.2) is 48.8 Å². The maximum absolute atomic E-state index is 12.6. The lowest BCUT2D eigenvalue weighted by molar-refractivity contribution is -0.137. The second kappa shape index (κ2) is 6.05. The van der Waals surface area contributed by atoms with Crippen molar-refractivity contribution in [1.29, 1.82) is 0 Å². The zero-order valence-electron chi connectivity index (χ0n) is 10.8. The molecule has 2 nitrogen and oxygen atoms in total. The molecule has 0 spiro atoms. The van der Waals surface area contributed by atoms with Crippen LogP contribution in [0.1, 0.15) is 16.7 Å². The van der Waals surface area contributed by atoms with Crippen LogP contribution in [0.2, 0.25) is 0 Å². The van der Waals surface area contributed by atoms with Crippen molar-refractivity contribution in [2.24, 2.45) is 5.73 Å². The van der Waals surface area contributed by atoms with E-state index < -0.39 is 11.7 Å². The molecule has 106 valence electrons. The van der Waals surface area contributed by atoms with Crippen molar-refractivity contribution in [2.75, 3.05) is 0 Å². The normalized spacial score (nSPS) is 13.2. The van der Waals surface area contributed by atoms with Crippen molar-refractivity contribution in [3.05, 3.63) is 65.5 Å². The van der Waals surface area contributed by atoms with Crippen molar-refractivity contribution >= 4 is 0 Å². The average molecular weight is 280 g/mol. The van der Waals surface area contributed by atoms with Gasteiger partial charge in [0.25, 0.3) is 0 Å². The third-order valence-electron chi connectivity index (χ3n) is 2.97. The average Bonchev–Trinajstić information content (AvgIpc) is 2.39. The van der Waals surface area contributed by atoms with Crippen LogP contribution in [0.3, 0.4) is 0 Å². The SMILES string of the molecule is NC(Cc1cccnc1)Cc1cccc(C(F)(F)F)c1. The first-order valence-corrected chi connectivity index (χ1v) is 6.26. The van der Waals surface area contributed by atoms with Gasteiger partial charge in [0.15, 0.2) is 0 Å². The Morgan fingerprint density at radius 1 is 1.05 bits per heavy atom. The lowest BCUT2D eigenvalue weighted by atomic mass is 9.99. The van der Waals surface area contributed by atoms with Gasteiger partial charge in [-0.25, -0.2) is 0 Å². The van der Waals surface area contributed by atoms with Gasteiger partial charge in [0.1, 0.15) is 0 Å². The Hall–Kier alpha value is -1.88. The summed E-state index contributed by atoms with van der Waals surface area (Å²) in [5.41, 5.74) is 6.92. The first-order valence-electron chi connectivity index (χ1n) is 6.26. The Balaban J connectivity index is 2.03. The van der Waals surface area contributed by atoms with Crippen LogP contribution in [0.4, 0.5) is 13.2 Å². The van der Waals surface area contributed by atoms with E-state index in [1.807, 2.05) is 12.1 Å². The van der Waals surface area contributed by atoms with Crippen molar-refractivity contribution in [3.63, 3.8) is 0 Å². The minimum Gasteiger partial charge on any atom is -0.327 e. The zero-order valence-corrected chi connectivity index (χ0v) is 10.8. The largest absolute Gasteiger partial charge is 0.416 e. The number of nitrogens with zero attached hydrogens (tertiary/aromatic N) is 1. The number of benzene rings is 1. The van der Waals surface area contributed by atoms with Gasteiger partial charge in [-0.05, 0) is 36.1 Å². The molecule has 1 unspecified atom stereocenters. The fraction of sp³-hybridized carbons (Fsp3) is 0.267. The molecule has 0 bridgehead atoms. The van der Waals surface area contributed by atoms with Gasteiger partial charge in [0, 0.05) is 18.4 Å². The summed E-state index contributed by atoms with van der Waals surface area (Å²) in [6, 6.07) is 8.78. The van der Waals surface area contributed by atoms with E-state index in [2.05, 4.69) is 4.98 Å². The quantitative estimate of drug-likeness (QED) is 0.934. The second-order valence-corrected chi connectivity index (χ2v) is 4.73. The summed E-state index contributed by atoms with van der Waals surface area (Å²) in [4.78, 5) is 3.99. The topological polar surface area (TPSA) is 38.9 Å². The van der Waals surface area contributed by atoms with Gasteiger partial charge in [-0.1, -0.05) is 24.3 Å². The molecular weight excluding hydrogens is 265 g/mol. The minimum absolute atomic E-state index is 0.234. The Labute approximate surface area is 115 Å². The Morgan fingerprint density at radius 3 is 2.40 bits per heavy atom. The predicted octanol–water partition coefficient (Wildman–Crippen LogP) is 3.21. The number of aromatic nitrogens is 1. The van der Waals surface area contributed by atoms with Crippen molar-refractivity contribution in [2.45, 2.75) is 25.1 Å². The van der Waals surface area contributed by atoms with E-state index in [4.69, 9.17) is 5.73 Å². The monoisotopic (exact) mass is 280 g/mol. The lowest BCUT2D eigenvalue weighted by Crippen LogP contribution is -2.25. The second-order valence-electron chi connectivity index (χ2n) is 4.73. The van der Waals surface area contributed by atoms with Gasteiger partial charge >= 0.3 is 6.18 Å². The highest BCUT2D eigenvalue weighted by Crippen LogP contribution is 2.29. The third-order valence-corrected chi connectivity index (χ3v) is 2.97. The lowest BCUT2D eigenvalue weighted by Gasteiger charge is -2.13. The van der Waals surface area contributed by atoms with E-state index >= 15 is 0 Å². The van der Waals surface area contributed by atoms with Gasteiger partial charge in [0.2, 0.25) is 0 Å². The molecule has 0 saturated carbocycles. The fourth-order valence-corrected chi connectivity index (χ4v) is 2.07. The standard InChI is InChI=1S/C15H15F3N2/c16-15(17,18)13-5-1-3-11(7-13)8-14(19)9-12-4-2-6-20-10-12/h1-7,10,14H,8-9,19H2. The number of hydrogen-bond acceptors (Lipinski definition) is 2. The van der Waals surface area contributed by atoms with Gasteiger partial charge in [-0.2, -0.15) is 13.2 Å². The maximum atomic E-state index is 12.6. The van der Waals surface area contributed by atoms with E-state index in [1.165, 1.54) is 6.07 Å². The smallest absolute Gasteiger partial charge is 0.327 e. The van der Waals surface area contributed by atoms with Gasteiger partial charge < -0.3 is 5.73 Å². The predicted molar refractivity (Wildman–Crippen MR) is 71.1 cm³/mol. The summed E-state index contributed by atoms with van der Waals surface area (Å²) in [5.74, 6) is 0. The molecule has 20 heavy (non-hydrogen) atoms. The molecule has 1 aromatic carbocycles. The molecule has 1 atom stereocenters. The molecule has 0 aliphatic rings. The first kappa shape index (κ1) is 14.5. The van der Waals surface area contributed by atoms with Crippen LogP contribution >= 0.6 is 0 Å². The Morgan fingerprint density at radius 2 is 1.75 bits per heavy atom. The number of pyridine rings is 1. The zero-order chi connectivity index (χ0) is 14.6. The number of alkyl halides is 3. The highest BCUT2D eigenvalue weighted by Gasteiger charge is 2.30. The van der Waals surface area contributed by atoms with Gasteiger partial charge in [-0.3, -0.25) is 4.98 Å². The Bertz CT molecular complexity index is 553. The van der Waals surface area contributed by atoms with E-state index in [0.717, 1.165) is 17.7 Å². The molecular formula is C15H15F3N2. The number of nitrogens with two attached hydrogens (primary N) is 1. The molecule has 1 heterocycles. The molecule has 2 N–H and O–H groups in total. The van der Waals surface area contributed by atoms with Gasteiger partial charge in [-0.15, -0.1) is 0 Å². The number of hydrogen-bond donors (Lipinski definition) is 1. The first-order chi connectivity index (χ1) is 9.45. The van der Waals surface area contributed by atoms with Crippen LogP contribution in [0, 0.1) is 0 Å². The summed E-state index contributed by atoms with van der Waals surface area (Å²) in [6.45, 7) is 0. The molecule has 1 aromatic heterocycles. The van der Waals surface area contributed by atoms with Crippen LogP contribution in [0.25, 0.3) is 0 Å². The van der Waals surface area contributed by atoms with Crippen LogP contribution in [-0.2, 0) is 19.0 Å². The van der Waals surface area contributed by atoms with Gasteiger partial charge in [0.05, 0.1) is 5.56 Å². The van der Waals surface area contributed by atoms with E-state index in [-0.39, 0.29) is 6.04 Å². The molecule has 0 aliphatic carbocycles. The summed E-state index contributed by atoms with van der Waals surface area (Å²) < 4.78 is 37.8. The molecule has 0 saturated heterocycles. The van der Waals surface area contributed by atoms with Crippen molar-refractivity contribution in [1.82, 2.24) is 4.98 Å². The van der Waals surface area contributed by atoms with E-state index in [0.29, 0.717) is 18.4 Å². The molecule has 0 amide bonds. The summed E-state index contributed by atoms with van der Waals surface area (Å²) in [7, 11) is 0. The molecule has 5 heteroatoms. The summed E-state index contributed by atoms with van der Waals surface area (Å²) >= 11 is 0. The van der Waals surface area contributed by atoms with Crippen molar-refractivity contribution in [3.8, 4) is 0 Å². The molecule has 0 aliphatic heterocycles. The summed E-state index contributed by atoms with van der Waals surface area (Å²) in [6.07, 6.45) is 0.0557. The Kier molecular flexibility index (Phi) is 4.39. The molecule has 2 rings (SSSR count). The highest BCUT2D eigenvalue weighted by molar-refractivity contribution is 5.26. The summed E-state index contributed by atoms with van der Waals surface area (Å²) in [5, 5.41) is 0. The minimum atomic E-state index is -4.32. The van der Waals surface area contributed by atoms with E-state index in [9.17, 15) is 13.2 Å². The van der Waals surface area contributed by atoms with Crippen LogP contribution < -0.4 is 5.73 Å². The third kappa shape index (κ3) is 4.06. The van der Waals surface area contributed by atoms with Crippen LogP contribution in [0.5, 0.6) is 0 Å².